The molecule has 0 heterocycles. The molecule has 2 aliphatic carbocycles. The van der Waals surface area contributed by atoms with Crippen LogP contribution >= 0.6 is 7.82 Å². The first-order chi connectivity index (χ1) is 5.16. The maximum Gasteiger partial charge on any atom is 0.472 e. The molecule has 2 fully saturated rings. The first-order valence-corrected chi connectivity index (χ1v) is 5.35. The third kappa shape index (κ3) is 2.56. The standard InChI is InChI=1S/C6H11O4P/c7-11(8,9-5-1-2-5)10-6-3-4-6/h5-6H,1-4H2,(H,7,8). The molecule has 0 aromatic rings. The molecule has 0 aromatic heterocycles. The number of rotatable bonds is 4. The Morgan fingerprint density at radius 1 is 1.09 bits per heavy atom. The summed E-state index contributed by atoms with van der Waals surface area (Å²) in [7, 11) is -3.68. The van der Waals surface area contributed by atoms with Gasteiger partial charge in [0.15, 0.2) is 0 Å². The van der Waals surface area contributed by atoms with E-state index in [2.05, 4.69) is 0 Å². The van der Waals surface area contributed by atoms with Crippen molar-refractivity contribution in [3.05, 3.63) is 0 Å². The Balaban J connectivity index is 1.80. The van der Waals surface area contributed by atoms with Crippen molar-refractivity contribution >= 4 is 7.82 Å². The minimum Gasteiger partial charge on any atom is -0.302 e. The Kier molecular flexibility index (Phi) is 1.80. The summed E-state index contributed by atoms with van der Waals surface area (Å²) in [4.78, 5) is 9.05. The minimum absolute atomic E-state index is 0.0235. The largest absolute Gasteiger partial charge is 0.472 e. The first kappa shape index (κ1) is 7.74. The van der Waals surface area contributed by atoms with Crippen LogP contribution in [0.1, 0.15) is 25.7 Å². The molecule has 0 radical (unpaired) electrons. The van der Waals surface area contributed by atoms with Gasteiger partial charge in [-0.1, -0.05) is 0 Å². The van der Waals surface area contributed by atoms with E-state index in [1.54, 1.807) is 0 Å². The molecule has 2 rings (SSSR count). The van der Waals surface area contributed by atoms with Crippen molar-refractivity contribution in [1.29, 1.82) is 0 Å². The quantitative estimate of drug-likeness (QED) is 0.662. The summed E-state index contributed by atoms with van der Waals surface area (Å²) in [5, 5.41) is 0. The van der Waals surface area contributed by atoms with E-state index in [0.717, 1.165) is 25.7 Å². The fourth-order valence-electron chi connectivity index (χ4n) is 0.749. The summed E-state index contributed by atoms with van der Waals surface area (Å²) < 4.78 is 20.6. The SMILES string of the molecule is O=P(O)(OC1CC1)OC1CC1. The van der Waals surface area contributed by atoms with Crippen LogP contribution < -0.4 is 0 Å². The number of phosphoric acid groups is 1. The number of hydrogen-bond donors (Lipinski definition) is 1. The molecule has 4 nitrogen and oxygen atoms in total. The lowest BCUT2D eigenvalue weighted by Crippen LogP contribution is -1.97. The molecule has 0 aliphatic heterocycles. The lowest BCUT2D eigenvalue weighted by atomic mass is 10.9. The summed E-state index contributed by atoms with van der Waals surface area (Å²) in [6.07, 6.45) is 3.50. The molecule has 0 spiro atoms. The van der Waals surface area contributed by atoms with E-state index < -0.39 is 7.82 Å². The van der Waals surface area contributed by atoms with Gasteiger partial charge >= 0.3 is 7.82 Å². The lowest BCUT2D eigenvalue weighted by molar-refractivity contribution is 0.136. The number of hydrogen-bond acceptors (Lipinski definition) is 3. The second-order valence-electron chi connectivity index (χ2n) is 3.08. The molecule has 0 atom stereocenters. The molecule has 0 bridgehead atoms. The maximum atomic E-state index is 11.0. The molecular weight excluding hydrogens is 167 g/mol. The molecule has 5 heteroatoms. The molecule has 64 valence electrons. The van der Waals surface area contributed by atoms with Crippen molar-refractivity contribution in [2.24, 2.45) is 0 Å². The van der Waals surface area contributed by atoms with E-state index in [1.807, 2.05) is 0 Å². The highest BCUT2D eigenvalue weighted by Crippen LogP contribution is 2.52. The van der Waals surface area contributed by atoms with Crippen LogP contribution in [0.4, 0.5) is 0 Å². The Labute approximate surface area is 65.1 Å². The highest BCUT2D eigenvalue weighted by molar-refractivity contribution is 7.47. The average Bonchev–Trinajstić information content (AvgIpc) is 2.60. The van der Waals surface area contributed by atoms with Gasteiger partial charge in [-0.05, 0) is 25.7 Å². The second-order valence-corrected chi connectivity index (χ2v) is 4.44. The van der Waals surface area contributed by atoms with Crippen LogP contribution in [0, 0.1) is 0 Å². The van der Waals surface area contributed by atoms with Crippen molar-refractivity contribution in [2.45, 2.75) is 37.9 Å². The topological polar surface area (TPSA) is 55.8 Å². The van der Waals surface area contributed by atoms with Gasteiger partial charge in [-0.2, -0.15) is 0 Å². The van der Waals surface area contributed by atoms with Crippen molar-refractivity contribution in [1.82, 2.24) is 0 Å². The van der Waals surface area contributed by atoms with Crippen LogP contribution in [0.25, 0.3) is 0 Å². The van der Waals surface area contributed by atoms with Crippen LogP contribution in [0.5, 0.6) is 0 Å². The predicted molar refractivity (Wildman–Crippen MR) is 38.0 cm³/mol. The van der Waals surface area contributed by atoms with Crippen molar-refractivity contribution in [3.8, 4) is 0 Å². The molecule has 0 amide bonds. The zero-order valence-electron chi connectivity index (χ0n) is 6.10. The fraction of sp³-hybridized carbons (Fsp3) is 1.00. The monoisotopic (exact) mass is 178 g/mol. The van der Waals surface area contributed by atoms with E-state index >= 15 is 0 Å². The Hall–Kier alpha value is 0.110. The minimum atomic E-state index is -3.68. The van der Waals surface area contributed by atoms with Crippen molar-refractivity contribution in [2.75, 3.05) is 0 Å². The predicted octanol–water partition coefficient (Wildman–Crippen LogP) is 1.44. The van der Waals surface area contributed by atoms with Crippen LogP contribution in [-0.2, 0) is 13.6 Å². The number of phosphoric ester groups is 1. The first-order valence-electron chi connectivity index (χ1n) is 3.85. The molecule has 0 unspecified atom stereocenters. The Morgan fingerprint density at radius 3 is 1.73 bits per heavy atom. The van der Waals surface area contributed by atoms with Crippen LogP contribution in [-0.4, -0.2) is 17.1 Å². The van der Waals surface area contributed by atoms with Crippen LogP contribution in [0.3, 0.4) is 0 Å². The van der Waals surface area contributed by atoms with Gasteiger partial charge in [0.2, 0.25) is 0 Å². The highest BCUT2D eigenvalue weighted by atomic mass is 31.2. The summed E-state index contributed by atoms with van der Waals surface area (Å²) in [5.41, 5.74) is 0. The molecule has 0 saturated heterocycles. The summed E-state index contributed by atoms with van der Waals surface area (Å²) >= 11 is 0. The smallest absolute Gasteiger partial charge is 0.302 e. The van der Waals surface area contributed by atoms with Gasteiger partial charge in [0.25, 0.3) is 0 Å². The fourth-order valence-corrected chi connectivity index (χ4v) is 1.97. The van der Waals surface area contributed by atoms with Gasteiger partial charge < -0.3 is 4.89 Å². The summed E-state index contributed by atoms with van der Waals surface area (Å²) in [5.74, 6) is 0. The maximum absolute atomic E-state index is 11.0. The summed E-state index contributed by atoms with van der Waals surface area (Å²) in [6, 6.07) is 0. The van der Waals surface area contributed by atoms with Crippen molar-refractivity contribution < 1.29 is 18.5 Å². The van der Waals surface area contributed by atoms with Gasteiger partial charge in [-0.25, -0.2) is 4.57 Å². The van der Waals surface area contributed by atoms with Gasteiger partial charge in [-0.3, -0.25) is 9.05 Å². The molecule has 2 saturated carbocycles. The van der Waals surface area contributed by atoms with E-state index in [0.29, 0.717) is 0 Å². The third-order valence-electron chi connectivity index (χ3n) is 1.61. The normalized spacial score (nSPS) is 25.5. The van der Waals surface area contributed by atoms with E-state index in [4.69, 9.17) is 13.9 Å². The van der Waals surface area contributed by atoms with Gasteiger partial charge in [0.1, 0.15) is 0 Å². The molecule has 0 aromatic carbocycles. The lowest BCUT2D eigenvalue weighted by Gasteiger charge is -2.09. The Bertz CT molecular complexity index is 179. The van der Waals surface area contributed by atoms with Crippen LogP contribution in [0.15, 0.2) is 0 Å². The third-order valence-corrected chi connectivity index (χ3v) is 2.74. The highest BCUT2D eigenvalue weighted by Gasteiger charge is 2.38. The van der Waals surface area contributed by atoms with E-state index in [9.17, 15) is 4.57 Å². The van der Waals surface area contributed by atoms with Gasteiger partial charge in [0.05, 0.1) is 12.2 Å². The second kappa shape index (κ2) is 2.56. The zero-order valence-corrected chi connectivity index (χ0v) is 7.00. The van der Waals surface area contributed by atoms with E-state index in [-0.39, 0.29) is 12.2 Å². The van der Waals surface area contributed by atoms with Crippen LogP contribution in [0.2, 0.25) is 0 Å². The summed E-state index contributed by atoms with van der Waals surface area (Å²) in [6.45, 7) is 0. The van der Waals surface area contributed by atoms with Crippen molar-refractivity contribution in [3.63, 3.8) is 0 Å². The van der Waals surface area contributed by atoms with Gasteiger partial charge in [0, 0.05) is 0 Å². The molecular formula is C6H11O4P. The molecule has 1 N–H and O–H groups in total. The average molecular weight is 178 g/mol. The molecule has 11 heavy (non-hydrogen) atoms. The van der Waals surface area contributed by atoms with E-state index in [1.165, 1.54) is 0 Å². The molecule has 2 aliphatic rings. The zero-order chi connectivity index (χ0) is 7.90. The Morgan fingerprint density at radius 2 is 1.45 bits per heavy atom. The van der Waals surface area contributed by atoms with Gasteiger partial charge in [-0.15, -0.1) is 0 Å².